The molecule has 8 nitrogen and oxygen atoms in total. The molecule has 160 valence electrons. The van der Waals surface area contributed by atoms with E-state index in [0.717, 1.165) is 0 Å². The fraction of sp³-hybridized carbons (Fsp3) is 0.143. The van der Waals surface area contributed by atoms with Crippen molar-refractivity contribution in [2.24, 2.45) is 0 Å². The monoisotopic (exact) mass is 503 g/mol. The van der Waals surface area contributed by atoms with Gasteiger partial charge >= 0.3 is 0 Å². The van der Waals surface area contributed by atoms with Crippen LogP contribution in [0.2, 0.25) is 0 Å². The number of hydroxylamine groups is 1. The Balaban J connectivity index is 1.89. The van der Waals surface area contributed by atoms with Crippen molar-refractivity contribution in [1.82, 2.24) is 10.5 Å². The second-order valence-electron chi connectivity index (χ2n) is 6.25. The number of hydrogen-bond acceptors (Lipinski definition) is 7. The predicted octanol–water partition coefficient (Wildman–Crippen LogP) is 3.36. The molecule has 10 heteroatoms. The van der Waals surface area contributed by atoms with Crippen LogP contribution in [0.4, 0.5) is 5.69 Å². The Labute approximate surface area is 187 Å². The van der Waals surface area contributed by atoms with Crippen LogP contribution in [0, 0.1) is 11.8 Å². The first-order chi connectivity index (χ1) is 14.9. The molecule has 1 heterocycles. The van der Waals surface area contributed by atoms with E-state index >= 15 is 0 Å². The summed E-state index contributed by atoms with van der Waals surface area (Å²) in [6.45, 7) is 1.91. The Morgan fingerprint density at radius 3 is 2.65 bits per heavy atom. The summed E-state index contributed by atoms with van der Waals surface area (Å²) in [7, 11) is -3.75. The van der Waals surface area contributed by atoms with Crippen molar-refractivity contribution in [2.75, 3.05) is 17.8 Å². The Morgan fingerprint density at radius 1 is 1.23 bits per heavy atom. The normalized spacial score (nSPS) is 10.8. The molecule has 2 aromatic carbocycles. The molecular weight excluding hydrogens is 486 g/mol. The minimum absolute atomic E-state index is 0.00378. The van der Waals surface area contributed by atoms with Gasteiger partial charge in [0.25, 0.3) is 5.91 Å². The third-order valence-electron chi connectivity index (χ3n) is 4.30. The molecule has 0 saturated carbocycles. The molecule has 1 aromatic heterocycles. The van der Waals surface area contributed by atoms with Crippen LogP contribution in [0.15, 0.2) is 58.0 Å². The number of hydrogen-bond donors (Lipinski definition) is 3. The second-order valence-corrected chi connectivity index (χ2v) is 9.09. The van der Waals surface area contributed by atoms with Crippen LogP contribution >= 0.6 is 15.9 Å². The van der Waals surface area contributed by atoms with Crippen molar-refractivity contribution in [3.8, 4) is 17.6 Å². The topological polar surface area (TPSA) is 118 Å². The molecule has 0 aliphatic heterocycles. The summed E-state index contributed by atoms with van der Waals surface area (Å²) >= 11 is 3.39. The fourth-order valence-corrected chi connectivity index (χ4v) is 4.32. The number of nitrogens with one attached hydrogen (secondary N) is 2. The lowest BCUT2D eigenvalue weighted by atomic mass is 10.1. The lowest BCUT2D eigenvalue weighted by Crippen LogP contribution is -2.22. The highest BCUT2D eigenvalue weighted by molar-refractivity contribution is 9.10. The predicted molar refractivity (Wildman–Crippen MR) is 120 cm³/mol. The van der Waals surface area contributed by atoms with Crippen molar-refractivity contribution >= 4 is 48.3 Å². The number of para-hydroxylation sites is 1. The lowest BCUT2D eigenvalue weighted by Gasteiger charge is -2.15. The molecule has 0 spiro atoms. The number of carbonyl (C=O) groups excluding carboxylic acids is 1. The molecular formula is C21H18BrN3O5S. The van der Waals surface area contributed by atoms with E-state index in [4.69, 9.17) is 9.94 Å². The van der Waals surface area contributed by atoms with E-state index < -0.39 is 21.6 Å². The summed E-state index contributed by atoms with van der Waals surface area (Å²) in [5, 5.41) is 12.4. The standard InChI is InChI=1S/C21H18BrN3O5S/c1-2-3-11-30-14-7-9-15(10-8-14)31(28,29)13-24-19-16-5-4-6-18(22)20(16)23-12-17(19)21(26)25-27/h4-10,12,27H,11,13H2,1H3,(H,23,24)(H,25,26). The first kappa shape index (κ1) is 22.6. The number of aromatic nitrogens is 1. The van der Waals surface area contributed by atoms with Gasteiger partial charge in [0.05, 0.1) is 21.7 Å². The molecule has 3 N–H and O–H groups in total. The van der Waals surface area contributed by atoms with Gasteiger partial charge in [-0.25, -0.2) is 13.9 Å². The van der Waals surface area contributed by atoms with Gasteiger partial charge in [-0.15, -0.1) is 5.92 Å². The highest BCUT2D eigenvalue weighted by atomic mass is 79.9. The SMILES string of the molecule is CC#CCOc1ccc(S(=O)(=O)CNc2c(C(=O)NO)cnc3c(Br)cccc23)cc1. The third-order valence-corrected chi connectivity index (χ3v) is 6.46. The lowest BCUT2D eigenvalue weighted by molar-refractivity contribution is 0.0707. The molecule has 1 amide bonds. The first-order valence-corrected chi connectivity index (χ1v) is 11.4. The molecule has 0 saturated heterocycles. The van der Waals surface area contributed by atoms with Gasteiger partial charge in [0, 0.05) is 16.1 Å². The number of benzene rings is 2. The number of anilines is 1. The molecule has 0 radical (unpaired) electrons. The van der Waals surface area contributed by atoms with Crippen LogP contribution in [0.3, 0.4) is 0 Å². The van der Waals surface area contributed by atoms with Crippen molar-refractivity contribution in [3.05, 3.63) is 58.7 Å². The third kappa shape index (κ3) is 5.14. The quantitative estimate of drug-likeness (QED) is 0.257. The number of amides is 1. The zero-order valence-corrected chi connectivity index (χ0v) is 18.7. The molecule has 3 aromatic rings. The zero-order valence-electron chi connectivity index (χ0n) is 16.3. The van der Waals surface area contributed by atoms with E-state index in [0.29, 0.717) is 21.1 Å². The van der Waals surface area contributed by atoms with Gasteiger partial charge in [-0.05, 0) is 53.2 Å². The Hall–Kier alpha value is -3.13. The maximum Gasteiger partial charge on any atom is 0.278 e. The highest BCUT2D eigenvalue weighted by Crippen LogP contribution is 2.31. The Morgan fingerprint density at radius 2 is 1.97 bits per heavy atom. The molecule has 0 bridgehead atoms. The number of pyridine rings is 1. The maximum atomic E-state index is 12.8. The number of fused-ring (bicyclic) bond motifs is 1. The average molecular weight is 504 g/mol. The number of carbonyl (C=O) groups is 1. The minimum atomic E-state index is -3.75. The van der Waals surface area contributed by atoms with Crippen molar-refractivity contribution in [1.29, 1.82) is 0 Å². The van der Waals surface area contributed by atoms with Crippen LogP contribution in [0.5, 0.6) is 5.75 Å². The second kappa shape index (κ2) is 9.78. The van der Waals surface area contributed by atoms with Crippen molar-refractivity contribution in [3.63, 3.8) is 0 Å². The first-order valence-electron chi connectivity index (χ1n) is 8.98. The van der Waals surface area contributed by atoms with Gasteiger partial charge in [-0.1, -0.05) is 18.1 Å². The molecule has 0 atom stereocenters. The van der Waals surface area contributed by atoms with E-state index in [1.807, 2.05) is 0 Å². The summed E-state index contributed by atoms with van der Waals surface area (Å²) in [4.78, 5) is 16.4. The van der Waals surface area contributed by atoms with E-state index in [1.165, 1.54) is 18.3 Å². The number of nitrogens with zero attached hydrogens (tertiary/aromatic N) is 1. The Kier molecular flexibility index (Phi) is 7.12. The molecule has 31 heavy (non-hydrogen) atoms. The number of halogens is 1. The summed E-state index contributed by atoms with van der Waals surface area (Å²) in [5.74, 6) is 4.67. The van der Waals surface area contributed by atoms with E-state index in [2.05, 4.69) is 38.1 Å². The van der Waals surface area contributed by atoms with E-state index in [1.54, 1.807) is 42.7 Å². The summed E-state index contributed by atoms with van der Waals surface area (Å²) < 4.78 is 31.7. The van der Waals surface area contributed by atoms with Gasteiger partial charge in [0.15, 0.2) is 9.84 Å². The molecule has 0 aliphatic carbocycles. The number of sulfone groups is 1. The van der Waals surface area contributed by atoms with Gasteiger partial charge in [0.2, 0.25) is 0 Å². The van der Waals surface area contributed by atoms with E-state index in [-0.39, 0.29) is 22.8 Å². The summed E-state index contributed by atoms with van der Waals surface area (Å²) in [5.41, 5.74) is 2.33. The van der Waals surface area contributed by atoms with Crippen LogP contribution in [-0.2, 0) is 9.84 Å². The van der Waals surface area contributed by atoms with Crippen LogP contribution < -0.4 is 15.5 Å². The van der Waals surface area contributed by atoms with Gasteiger partial charge in [0.1, 0.15) is 18.2 Å². The van der Waals surface area contributed by atoms with Gasteiger partial charge < -0.3 is 10.1 Å². The largest absolute Gasteiger partial charge is 0.481 e. The minimum Gasteiger partial charge on any atom is -0.481 e. The van der Waals surface area contributed by atoms with E-state index in [9.17, 15) is 13.2 Å². The van der Waals surface area contributed by atoms with Crippen molar-refractivity contribution in [2.45, 2.75) is 11.8 Å². The summed E-state index contributed by atoms with van der Waals surface area (Å²) in [6.07, 6.45) is 1.26. The maximum absolute atomic E-state index is 12.8. The van der Waals surface area contributed by atoms with Crippen LogP contribution in [0.25, 0.3) is 10.9 Å². The van der Waals surface area contributed by atoms with Crippen molar-refractivity contribution < 1.29 is 23.2 Å². The average Bonchev–Trinajstić information content (AvgIpc) is 2.77. The highest BCUT2D eigenvalue weighted by Gasteiger charge is 2.20. The summed E-state index contributed by atoms with van der Waals surface area (Å²) in [6, 6.07) is 11.2. The molecule has 0 fully saturated rings. The van der Waals surface area contributed by atoms with Gasteiger partial charge in [-0.2, -0.15) is 0 Å². The molecule has 3 rings (SSSR count). The van der Waals surface area contributed by atoms with Crippen LogP contribution in [0.1, 0.15) is 17.3 Å². The molecule has 0 aliphatic rings. The van der Waals surface area contributed by atoms with Crippen LogP contribution in [-0.4, -0.2) is 37.0 Å². The Bertz CT molecular complexity index is 1280. The fourth-order valence-electron chi connectivity index (χ4n) is 2.80. The zero-order chi connectivity index (χ0) is 22.4. The number of rotatable bonds is 7. The van der Waals surface area contributed by atoms with Gasteiger partial charge in [-0.3, -0.25) is 15.0 Å². The smallest absolute Gasteiger partial charge is 0.278 e. The number of ether oxygens (including phenoxy) is 1. The molecule has 0 unspecified atom stereocenters.